The predicted octanol–water partition coefficient (Wildman–Crippen LogP) is 1.84. The van der Waals surface area contributed by atoms with Crippen LogP contribution in [0.1, 0.15) is 47.9 Å². The van der Waals surface area contributed by atoms with Crippen LogP contribution in [0.15, 0.2) is 12.3 Å². The Morgan fingerprint density at radius 1 is 1.12 bits per heavy atom. The van der Waals surface area contributed by atoms with Crippen LogP contribution in [0.2, 0.25) is 0 Å². The van der Waals surface area contributed by atoms with Crippen LogP contribution < -0.4 is 14.3 Å². The zero-order valence-corrected chi connectivity index (χ0v) is 18.9. The molecule has 0 unspecified atom stereocenters. The molecule has 1 fully saturated rings. The van der Waals surface area contributed by atoms with Crippen molar-refractivity contribution in [1.82, 2.24) is 19.7 Å². The van der Waals surface area contributed by atoms with E-state index in [0.29, 0.717) is 26.1 Å². The summed E-state index contributed by atoms with van der Waals surface area (Å²) in [6, 6.07) is 1.15. The number of nitrogens with one attached hydrogen (secondary N) is 2. The summed E-state index contributed by atoms with van der Waals surface area (Å²) in [5.41, 5.74) is 5.64. The minimum Gasteiger partial charge on any atom is -0.381 e. The van der Waals surface area contributed by atoms with Gasteiger partial charge in [-0.05, 0) is 73.6 Å². The van der Waals surface area contributed by atoms with E-state index in [1.54, 1.807) is 7.05 Å². The van der Waals surface area contributed by atoms with Crippen molar-refractivity contribution in [2.75, 3.05) is 22.8 Å². The Bertz CT molecular complexity index is 1110. The first-order chi connectivity index (χ1) is 15.4. The van der Waals surface area contributed by atoms with E-state index < -0.39 is 16.2 Å². The predicted molar refractivity (Wildman–Crippen MR) is 119 cm³/mol. The van der Waals surface area contributed by atoms with Crippen LogP contribution in [0.4, 0.5) is 16.3 Å². The van der Waals surface area contributed by atoms with Crippen LogP contribution in [0.5, 0.6) is 0 Å². The molecule has 2 aliphatic carbocycles. The summed E-state index contributed by atoms with van der Waals surface area (Å²) in [4.78, 5) is 14.3. The number of carbonyl (C=O) groups is 1. The van der Waals surface area contributed by atoms with Crippen molar-refractivity contribution in [2.24, 2.45) is 7.05 Å². The number of benzene rings is 1. The lowest BCUT2D eigenvalue weighted by Crippen LogP contribution is -2.51. The summed E-state index contributed by atoms with van der Waals surface area (Å²) in [7, 11) is -2.59. The molecule has 2 aromatic rings. The first-order valence-electron chi connectivity index (χ1n) is 11.2. The molecule has 2 heterocycles. The highest BCUT2D eigenvalue weighted by Gasteiger charge is 2.35. The Balaban J connectivity index is 1.41. The number of fused-ring (bicyclic) bond motifs is 2. The second-order valence-corrected chi connectivity index (χ2v) is 10.2. The zero-order chi connectivity index (χ0) is 22.3. The summed E-state index contributed by atoms with van der Waals surface area (Å²) in [6.45, 7) is 0.900. The molecule has 2 N–H and O–H groups in total. The topological polar surface area (TPSA) is 118 Å². The number of carbonyl (C=O) groups excluding carboxylic acids is 1. The van der Waals surface area contributed by atoms with Gasteiger partial charge < -0.3 is 10.1 Å². The van der Waals surface area contributed by atoms with Crippen molar-refractivity contribution in [3.8, 4) is 0 Å². The van der Waals surface area contributed by atoms with E-state index in [1.807, 2.05) is 0 Å². The number of urea groups is 1. The smallest absolute Gasteiger partial charge is 0.334 e. The summed E-state index contributed by atoms with van der Waals surface area (Å²) < 4.78 is 35.5. The molecule has 1 aromatic heterocycles. The second-order valence-electron chi connectivity index (χ2n) is 8.63. The Morgan fingerprint density at radius 2 is 1.78 bits per heavy atom. The molecule has 0 bridgehead atoms. The lowest BCUT2D eigenvalue weighted by Gasteiger charge is -2.32. The van der Waals surface area contributed by atoms with Crippen LogP contribution >= 0.6 is 0 Å². The number of hydrogen-bond donors (Lipinski definition) is 2. The largest absolute Gasteiger partial charge is 0.381 e. The second kappa shape index (κ2) is 8.36. The third-order valence-corrected chi connectivity index (χ3v) is 7.97. The summed E-state index contributed by atoms with van der Waals surface area (Å²) in [6.07, 6.45) is 8.33. The van der Waals surface area contributed by atoms with Crippen molar-refractivity contribution in [1.29, 1.82) is 0 Å². The van der Waals surface area contributed by atoms with Gasteiger partial charge in [0, 0.05) is 25.9 Å². The molecule has 5 rings (SSSR count). The van der Waals surface area contributed by atoms with Crippen molar-refractivity contribution < 1.29 is 17.9 Å². The summed E-state index contributed by atoms with van der Waals surface area (Å²) >= 11 is 0. The van der Waals surface area contributed by atoms with Gasteiger partial charge in [0.1, 0.15) is 0 Å². The number of rotatable bonds is 5. The highest BCUT2D eigenvalue weighted by molar-refractivity contribution is 7.91. The molecule has 10 nitrogen and oxygen atoms in total. The van der Waals surface area contributed by atoms with Crippen LogP contribution in [-0.4, -0.2) is 48.7 Å². The number of hydrogen-bond acceptors (Lipinski definition) is 6. The first-order valence-corrected chi connectivity index (χ1v) is 12.6. The van der Waals surface area contributed by atoms with E-state index in [0.717, 1.165) is 55.3 Å². The summed E-state index contributed by atoms with van der Waals surface area (Å²) in [5, 5.41) is 11.1. The van der Waals surface area contributed by atoms with E-state index in [-0.39, 0.29) is 11.9 Å². The van der Waals surface area contributed by atoms with Crippen LogP contribution in [-0.2, 0) is 47.7 Å². The number of anilines is 2. The van der Waals surface area contributed by atoms with E-state index in [4.69, 9.17) is 4.74 Å². The third kappa shape index (κ3) is 3.95. The average Bonchev–Trinajstić information content (AvgIpc) is 3.49. The highest BCUT2D eigenvalue weighted by atomic mass is 32.2. The van der Waals surface area contributed by atoms with E-state index in [1.165, 1.54) is 26.4 Å². The standard InChI is InChI=1S/C21H28N6O4S/c1-26-22-13-19(24-26)27(16-8-10-31-11-9-16)32(29,30)25-21(28)23-20-17-6-2-4-14(17)12-15-5-3-7-18(15)20/h12-13,16H,2-11H2,1H3,(H2,23,25,28). The molecular formula is C21H28N6O4S. The number of amides is 2. The molecular weight excluding hydrogens is 432 g/mol. The Hall–Kier alpha value is -2.66. The molecule has 1 saturated heterocycles. The van der Waals surface area contributed by atoms with E-state index in [2.05, 4.69) is 26.3 Å². The Kier molecular flexibility index (Phi) is 5.54. The normalized spacial score (nSPS) is 18.3. The van der Waals surface area contributed by atoms with E-state index >= 15 is 0 Å². The highest BCUT2D eigenvalue weighted by Crippen LogP contribution is 2.38. The van der Waals surface area contributed by atoms with Gasteiger partial charge in [-0.1, -0.05) is 6.07 Å². The maximum atomic E-state index is 13.3. The molecule has 0 radical (unpaired) electrons. The van der Waals surface area contributed by atoms with Gasteiger partial charge >= 0.3 is 16.2 Å². The number of aromatic nitrogens is 3. The number of ether oxygens (including phenoxy) is 1. The minimum atomic E-state index is -4.21. The molecule has 2 amide bonds. The van der Waals surface area contributed by atoms with Gasteiger partial charge in [-0.2, -0.15) is 18.3 Å². The van der Waals surface area contributed by atoms with Crippen molar-refractivity contribution in [3.05, 3.63) is 34.5 Å². The van der Waals surface area contributed by atoms with Crippen molar-refractivity contribution in [2.45, 2.75) is 57.4 Å². The van der Waals surface area contributed by atoms with Crippen molar-refractivity contribution >= 4 is 27.7 Å². The molecule has 0 saturated carbocycles. The van der Waals surface area contributed by atoms with Gasteiger partial charge in [-0.15, -0.1) is 5.10 Å². The molecule has 11 heteroatoms. The quantitative estimate of drug-likeness (QED) is 0.703. The summed E-state index contributed by atoms with van der Waals surface area (Å²) in [5.74, 6) is 0.182. The molecule has 1 aromatic carbocycles. The van der Waals surface area contributed by atoms with Gasteiger partial charge in [-0.25, -0.2) is 13.8 Å². The average molecular weight is 461 g/mol. The van der Waals surface area contributed by atoms with Gasteiger partial charge in [0.2, 0.25) is 0 Å². The van der Waals surface area contributed by atoms with Crippen molar-refractivity contribution in [3.63, 3.8) is 0 Å². The fourth-order valence-corrected chi connectivity index (χ4v) is 6.45. The molecule has 172 valence electrons. The third-order valence-electron chi connectivity index (χ3n) is 6.53. The molecule has 1 aliphatic heterocycles. The monoisotopic (exact) mass is 460 g/mol. The number of aryl methyl sites for hydroxylation is 3. The molecule has 3 aliphatic rings. The zero-order valence-electron chi connectivity index (χ0n) is 18.1. The number of nitrogens with zero attached hydrogens (tertiary/aromatic N) is 4. The van der Waals surface area contributed by atoms with Crippen LogP contribution in [0.25, 0.3) is 0 Å². The Morgan fingerprint density at radius 3 is 2.38 bits per heavy atom. The minimum absolute atomic E-state index is 0.182. The lowest BCUT2D eigenvalue weighted by atomic mass is 9.99. The van der Waals surface area contributed by atoms with Gasteiger partial charge in [0.05, 0.1) is 12.2 Å². The van der Waals surface area contributed by atoms with Gasteiger partial charge in [-0.3, -0.25) is 0 Å². The maximum Gasteiger partial charge on any atom is 0.334 e. The fraction of sp³-hybridized carbons (Fsp3) is 0.571. The van der Waals surface area contributed by atoms with E-state index in [9.17, 15) is 13.2 Å². The molecule has 32 heavy (non-hydrogen) atoms. The fourth-order valence-electron chi connectivity index (χ4n) is 5.13. The Labute approximate surface area is 187 Å². The van der Waals surface area contributed by atoms with Gasteiger partial charge in [0.25, 0.3) is 0 Å². The lowest BCUT2D eigenvalue weighted by molar-refractivity contribution is 0.0874. The van der Waals surface area contributed by atoms with Crippen LogP contribution in [0, 0.1) is 0 Å². The SMILES string of the molecule is Cn1ncc(N(C2CCOCC2)S(=O)(=O)NC(=O)Nc2c3c(cc4c2CCC4)CCC3)n1. The van der Waals surface area contributed by atoms with Crippen LogP contribution in [0.3, 0.4) is 0 Å². The maximum absolute atomic E-state index is 13.3. The molecule has 0 spiro atoms. The first kappa shape index (κ1) is 21.2. The van der Waals surface area contributed by atoms with Gasteiger partial charge in [0.15, 0.2) is 5.82 Å². The molecule has 0 atom stereocenters.